The van der Waals surface area contributed by atoms with Gasteiger partial charge in [0.25, 0.3) is 0 Å². The van der Waals surface area contributed by atoms with E-state index in [4.69, 9.17) is 17.0 Å². The van der Waals surface area contributed by atoms with Crippen molar-refractivity contribution in [2.45, 2.75) is 18.4 Å². The summed E-state index contributed by atoms with van der Waals surface area (Å²) in [6.45, 7) is 2.10. The molecule has 162 valence electrons. The topological polar surface area (TPSA) is 29.5 Å². The molecule has 4 aromatic carbocycles. The quantitative estimate of drug-likeness (QED) is 0.349. The highest BCUT2D eigenvalue weighted by Crippen LogP contribution is 2.33. The highest BCUT2D eigenvalue weighted by atomic mass is 32.1. The van der Waals surface area contributed by atoms with Crippen LogP contribution in [0.1, 0.15) is 35.3 Å². The molecule has 4 rings (SSSR count). The van der Waals surface area contributed by atoms with Crippen LogP contribution in [0, 0.1) is 0 Å². The van der Waals surface area contributed by atoms with Crippen molar-refractivity contribution in [3.8, 4) is 0 Å². The van der Waals surface area contributed by atoms with Crippen molar-refractivity contribution in [1.82, 2.24) is 0 Å². The van der Waals surface area contributed by atoms with Crippen molar-refractivity contribution >= 4 is 17.3 Å². The Morgan fingerprint density at radius 1 is 0.656 bits per heavy atom. The summed E-state index contributed by atoms with van der Waals surface area (Å²) in [5.41, 5.74) is 3.75. The number of thiocarbonyl (C=S) groups is 1. The van der Waals surface area contributed by atoms with Gasteiger partial charge >= 0.3 is 0 Å². The number of aliphatic hydroxyl groups excluding tert-OH is 1. The number of benzene rings is 4. The van der Waals surface area contributed by atoms with E-state index in [0.717, 1.165) is 22.3 Å². The van der Waals surface area contributed by atoms with Crippen LogP contribution < -0.4 is 0 Å². The first-order chi connectivity index (χ1) is 15.6. The lowest BCUT2D eigenvalue weighted by Crippen LogP contribution is -2.33. The Morgan fingerprint density at radius 2 is 0.969 bits per heavy atom. The Kier molecular flexibility index (Phi) is 8.32. The SMILES string of the molecule is COC(=S)C(C)(c1ccccc1)c1ccccc1.OC(c1ccccc1)c1ccccc1. The molecular formula is C29H28O2S. The van der Waals surface area contributed by atoms with Crippen LogP contribution in [-0.4, -0.2) is 17.3 Å². The first-order valence-corrected chi connectivity index (χ1v) is 11.0. The molecule has 0 aliphatic rings. The molecule has 0 saturated heterocycles. The zero-order valence-electron chi connectivity index (χ0n) is 18.4. The van der Waals surface area contributed by atoms with Crippen LogP contribution in [0.25, 0.3) is 0 Å². The molecule has 0 radical (unpaired) electrons. The maximum atomic E-state index is 9.99. The standard InChI is InChI=1S/C16H16OS.C13H12O/c1-16(15(18)17-2,13-9-5-3-6-10-13)14-11-7-4-8-12-14;14-13(11-7-3-1-4-8-11)12-9-5-2-6-10-12/h3-12H,1-2H3;1-10,13-14H. The van der Waals surface area contributed by atoms with E-state index in [1.54, 1.807) is 7.11 Å². The Balaban J connectivity index is 0.000000186. The molecule has 2 nitrogen and oxygen atoms in total. The summed E-state index contributed by atoms with van der Waals surface area (Å²) in [7, 11) is 1.63. The highest BCUT2D eigenvalue weighted by Gasteiger charge is 2.34. The number of rotatable bonds is 5. The van der Waals surface area contributed by atoms with Gasteiger partial charge in [-0.25, -0.2) is 0 Å². The molecule has 0 bridgehead atoms. The monoisotopic (exact) mass is 440 g/mol. The lowest BCUT2D eigenvalue weighted by atomic mass is 9.77. The van der Waals surface area contributed by atoms with E-state index in [1.165, 1.54) is 0 Å². The third kappa shape index (κ3) is 5.50. The second kappa shape index (κ2) is 11.4. The number of aliphatic hydroxyl groups is 1. The number of hydrogen-bond acceptors (Lipinski definition) is 3. The molecule has 1 N–H and O–H groups in total. The molecular weight excluding hydrogens is 412 g/mol. The smallest absolute Gasteiger partial charge is 0.173 e. The summed E-state index contributed by atoms with van der Waals surface area (Å²) in [6.07, 6.45) is -0.516. The molecule has 0 atom stereocenters. The predicted molar refractivity (Wildman–Crippen MR) is 136 cm³/mol. The number of ether oxygens (including phenoxy) is 1. The van der Waals surface area contributed by atoms with Gasteiger partial charge in [0, 0.05) is 0 Å². The van der Waals surface area contributed by atoms with Crippen LogP contribution in [0.4, 0.5) is 0 Å². The van der Waals surface area contributed by atoms with Gasteiger partial charge in [-0.15, -0.1) is 0 Å². The van der Waals surface area contributed by atoms with E-state index in [2.05, 4.69) is 31.2 Å². The average Bonchev–Trinajstić information content (AvgIpc) is 2.89. The van der Waals surface area contributed by atoms with Crippen molar-refractivity contribution in [1.29, 1.82) is 0 Å². The molecule has 0 aliphatic heterocycles. The third-order valence-electron chi connectivity index (χ3n) is 5.53. The van der Waals surface area contributed by atoms with Crippen molar-refractivity contribution in [3.05, 3.63) is 144 Å². The van der Waals surface area contributed by atoms with Crippen molar-refractivity contribution in [2.24, 2.45) is 0 Å². The van der Waals surface area contributed by atoms with Gasteiger partial charge in [-0.2, -0.15) is 0 Å². The molecule has 0 aromatic heterocycles. The largest absolute Gasteiger partial charge is 0.489 e. The minimum absolute atomic E-state index is 0.396. The van der Waals surface area contributed by atoms with Crippen molar-refractivity contribution in [2.75, 3.05) is 7.11 Å². The molecule has 0 heterocycles. The van der Waals surface area contributed by atoms with Gasteiger partial charge in [-0.1, -0.05) is 121 Å². The third-order valence-corrected chi connectivity index (χ3v) is 6.10. The van der Waals surface area contributed by atoms with Gasteiger partial charge in [0.1, 0.15) is 6.10 Å². The van der Waals surface area contributed by atoms with Crippen LogP contribution in [0.15, 0.2) is 121 Å². The van der Waals surface area contributed by atoms with Crippen molar-refractivity contribution in [3.63, 3.8) is 0 Å². The fraction of sp³-hybridized carbons (Fsp3) is 0.138. The van der Waals surface area contributed by atoms with Crippen molar-refractivity contribution < 1.29 is 9.84 Å². The highest BCUT2D eigenvalue weighted by molar-refractivity contribution is 7.80. The van der Waals surface area contributed by atoms with Gasteiger partial charge in [-0.3, -0.25) is 0 Å². The van der Waals surface area contributed by atoms with Crippen LogP contribution in [0.2, 0.25) is 0 Å². The van der Waals surface area contributed by atoms with Crippen LogP contribution in [0.5, 0.6) is 0 Å². The Morgan fingerprint density at radius 3 is 1.28 bits per heavy atom. The first-order valence-electron chi connectivity index (χ1n) is 10.5. The maximum Gasteiger partial charge on any atom is 0.173 e. The molecule has 4 aromatic rings. The minimum Gasteiger partial charge on any atom is -0.489 e. The summed E-state index contributed by atoms with van der Waals surface area (Å²) in [5, 5.41) is 10.6. The number of methoxy groups -OCH3 is 1. The molecule has 0 fully saturated rings. The molecule has 0 saturated carbocycles. The molecule has 0 spiro atoms. The van der Waals surface area contributed by atoms with Gasteiger partial charge in [0.15, 0.2) is 5.05 Å². The van der Waals surface area contributed by atoms with Gasteiger partial charge < -0.3 is 9.84 Å². The van der Waals surface area contributed by atoms with Gasteiger partial charge in [0.2, 0.25) is 0 Å². The molecule has 0 aliphatic carbocycles. The minimum atomic E-state index is -0.516. The molecule has 0 amide bonds. The van der Waals surface area contributed by atoms with E-state index in [1.807, 2.05) is 97.1 Å². The second-order valence-corrected chi connectivity index (χ2v) is 7.94. The van der Waals surface area contributed by atoms with E-state index in [9.17, 15) is 5.11 Å². The lowest BCUT2D eigenvalue weighted by molar-refractivity contribution is 0.220. The molecule has 32 heavy (non-hydrogen) atoms. The first kappa shape index (κ1) is 23.4. The fourth-order valence-electron chi connectivity index (χ4n) is 3.61. The van der Waals surface area contributed by atoms with E-state index >= 15 is 0 Å². The fourth-order valence-corrected chi connectivity index (χ4v) is 3.85. The summed E-state index contributed by atoms with van der Waals surface area (Å²) in [4.78, 5) is 0. The van der Waals surface area contributed by atoms with Gasteiger partial charge in [0.05, 0.1) is 12.5 Å². The zero-order valence-corrected chi connectivity index (χ0v) is 19.2. The van der Waals surface area contributed by atoms with Gasteiger partial charge in [-0.05, 0) is 41.4 Å². The van der Waals surface area contributed by atoms with Crippen LogP contribution in [0.3, 0.4) is 0 Å². The Labute approximate surface area is 196 Å². The van der Waals surface area contributed by atoms with Crippen LogP contribution >= 0.6 is 12.2 Å². The zero-order chi connectivity index (χ0) is 22.8. The van der Waals surface area contributed by atoms with E-state index in [0.29, 0.717) is 5.05 Å². The van der Waals surface area contributed by atoms with Crippen LogP contribution in [-0.2, 0) is 10.2 Å². The molecule has 3 heteroatoms. The second-order valence-electron chi connectivity index (χ2n) is 7.57. The van der Waals surface area contributed by atoms with E-state index < -0.39 is 11.5 Å². The molecule has 0 unspecified atom stereocenters. The average molecular weight is 441 g/mol. The van der Waals surface area contributed by atoms with E-state index in [-0.39, 0.29) is 0 Å². The number of hydrogen-bond donors (Lipinski definition) is 1. The summed E-state index contributed by atoms with van der Waals surface area (Å²) in [5.74, 6) is 0. The predicted octanol–water partition coefficient (Wildman–Crippen LogP) is 6.73. The Hall–Kier alpha value is -3.27. The normalized spacial score (nSPS) is 10.8. The maximum absolute atomic E-state index is 9.99. The summed E-state index contributed by atoms with van der Waals surface area (Å²) >= 11 is 5.43. The summed E-state index contributed by atoms with van der Waals surface area (Å²) < 4.78 is 5.36. The summed E-state index contributed by atoms with van der Waals surface area (Å²) in [6, 6.07) is 39.8. The Bertz CT molecular complexity index is 1000. The lowest BCUT2D eigenvalue weighted by Gasteiger charge is -2.30.